The molecule has 1 heterocycles. The van der Waals surface area contributed by atoms with Crippen molar-refractivity contribution in [3.05, 3.63) is 35.5 Å². The second-order valence-corrected chi connectivity index (χ2v) is 9.66. The summed E-state index contributed by atoms with van der Waals surface area (Å²) in [7, 11) is 0. The minimum absolute atomic E-state index is 0.0599. The summed E-state index contributed by atoms with van der Waals surface area (Å²) in [5.74, 6) is -0.455. The summed E-state index contributed by atoms with van der Waals surface area (Å²) in [4.78, 5) is 27.1. The highest BCUT2D eigenvalue weighted by atomic mass is 16.3. The molecule has 1 unspecified atom stereocenters. The molecule has 0 aromatic rings. The molecule has 0 bridgehead atoms. The lowest BCUT2D eigenvalue weighted by atomic mass is 9.55. The first-order valence-corrected chi connectivity index (χ1v) is 10.8. The lowest BCUT2D eigenvalue weighted by molar-refractivity contribution is -0.142. The van der Waals surface area contributed by atoms with Crippen molar-refractivity contribution in [2.24, 2.45) is 29.1 Å². The van der Waals surface area contributed by atoms with Crippen molar-refractivity contribution >= 4 is 11.7 Å². The summed E-state index contributed by atoms with van der Waals surface area (Å²) < 4.78 is 0. The van der Waals surface area contributed by atoms with Gasteiger partial charge in [-0.2, -0.15) is 0 Å². The van der Waals surface area contributed by atoms with E-state index in [0.717, 1.165) is 12.0 Å². The first-order chi connectivity index (χ1) is 13.6. The van der Waals surface area contributed by atoms with Gasteiger partial charge in [0, 0.05) is 17.9 Å². The molecule has 2 aliphatic carbocycles. The Morgan fingerprint density at radius 1 is 1.21 bits per heavy atom. The Balaban J connectivity index is 2.20. The van der Waals surface area contributed by atoms with Crippen LogP contribution in [0.4, 0.5) is 0 Å². The van der Waals surface area contributed by atoms with Crippen LogP contribution < -0.4 is 5.32 Å². The standard InChI is InChI=1S/C24H35NO4/c1-13(2)10-18-22-16(5)15(4)12-17-11-14(3)6-7-19(26)20(27)8-9-21(28)24(17,22)23(29)25-18/h8-9,11-13,16-20,22,26-27H,6-7,10H2,1-5H3,(H,25,29)/b9-8+,14-11+/t16-,17+,18+,19-,20+,22+,24?/m1/s1. The average molecular weight is 402 g/mol. The summed E-state index contributed by atoms with van der Waals surface area (Å²) in [5.41, 5.74) is 1.02. The number of aliphatic hydroxyl groups is 2. The van der Waals surface area contributed by atoms with E-state index >= 15 is 0 Å². The van der Waals surface area contributed by atoms with Crippen LogP contribution in [-0.4, -0.2) is 40.2 Å². The number of rotatable bonds is 2. The van der Waals surface area contributed by atoms with Crippen LogP contribution in [0.15, 0.2) is 35.5 Å². The topological polar surface area (TPSA) is 86.6 Å². The molecule has 5 heteroatoms. The van der Waals surface area contributed by atoms with E-state index in [4.69, 9.17) is 0 Å². The number of allylic oxidation sites excluding steroid dienone is 5. The molecule has 3 rings (SSSR count). The van der Waals surface area contributed by atoms with Crippen molar-refractivity contribution in [1.82, 2.24) is 5.32 Å². The van der Waals surface area contributed by atoms with E-state index in [1.165, 1.54) is 17.7 Å². The second-order valence-electron chi connectivity index (χ2n) is 9.66. The fourth-order valence-electron chi connectivity index (χ4n) is 5.53. The fourth-order valence-corrected chi connectivity index (χ4v) is 5.53. The number of ketones is 1. The molecule has 1 saturated heterocycles. The van der Waals surface area contributed by atoms with Gasteiger partial charge in [-0.05, 0) is 51.0 Å². The van der Waals surface area contributed by atoms with Crippen LogP contribution in [-0.2, 0) is 9.59 Å². The molecule has 1 spiro atoms. The highest BCUT2D eigenvalue weighted by Crippen LogP contribution is 2.55. The van der Waals surface area contributed by atoms with E-state index in [-0.39, 0.29) is 35.5 Å². The lowest BCUT2D eigenvalue weighted by Gasteiger charge is -2.44. The molecule has 7 atom stereocenters. The summed E-state index contributed by atoms with van der Waals surface area (Å²) in [6, 6.07) is -0.0599. The van der Waals surface area contributed by atoms with Gasteiger partial charge in [0.1, 0.15) is 5.41 Å². The second kappa shape index (κ2) is 8.19. The molecule has 0 aromatic heterocycles. The van der Waals surface area contributed by atoms with Crippen LogP contribution >= 0.6 is 0 Å². The number of amides is 1. The molecule has 3 aliphatic rings. The fraction of sp³-hybridized carbons (Fsp3) is 0.667. The Kier molecular flexibility index (Phi) is 6.21. The van der Waals surface area contributed by atoms with Crippen molar-refractivity contribution in [3.63, 3.8) is 0 Å². The molecule has 1 fully saturated rings. The Labute approximate surface area is 174 Å². The molecule has 29 heavy (non-hydrogen) atoms. The normalized spacial score (nSPS) is 43.4. The van der Waals surface area contributed by atoms with E-state index in [2.05, 4.69) is 39.1 Å². The van der Waals surface area contributed by atoms with E-state index in [1.807, 2.05) is 13.0 Å². The van der Waals surface area contributed by atoms with Gasteiger partial charge < -0.3 is 15.5 Å². The number of carbonyl (C=O) groups excluding carboxylic acids is 2. The van der Waals surface area contributed by atoms with Crippen molar-refractivity contribution < 1.29 is 19.8 Å². The average Bonchev–Trinajstić information content (AvgIpc) is 2.93. The molecule has 3 N–H and O–H groups in total. The number of hydrogen-bond donors (Lipinski definition) is 3. The number of hydrogen-bond acceptors (Lipinski definition) is 4. The van der Waals surface area contributed by atoms with Crippen molar-refractivity contribution in [2.45, 2.75) is 72.1 Å². The first kappa shape index (κ1) is 22.0. The first-order valence-electron chi connectivity index (χ1n) is 10.8. The zero-order chi connectivity index (χ0) is 21.5. The van der Waals surface area contributed by atoms with Gasteiger partial charge in [0.15, 0.2) is 5.78 Å². The quantitative estimate of drug-likeness (QED) is 0.490. The molecule has 1 amide bonds. The van der Waals surface area contributed by atoms with Crippen LogP contribution in [0, 0.1) is 29.1 Å². The smallest absolute Gasteiger partial charge is 0.235 e. The summed E-state index contributed by atoms with van der Waals surface area (Å²) in [6.45, 7) is 10.4. The summed E-state index contributed by atoms with van der Waals surface area (Å²) >= 11 is 0. The number of aliphatic hydroxyl groups excluding tert-OH is 2. The van der Waals surface area contributed by atoms with Crippen LogP contribution in [0.5, 0.6) is 0 Å². The maximum atomic E-state index is 13.6. The molecular formula is C24H35NO4. The third kappa shape index (κ3) is 3.75. The third-order valence-corrected chi connectivity index (χ3v) is 7.15. The SMILES string of the molecule is CC1=C[C@@H]2/C=C(\C)CC[C@@H](O)[C@@H](O)/C=C/C(=O)C23C(=O)N[C@@H](CC(C)C)[C@@H]3[C@@H]1C. The van der Waals surface area contributed by atoms with Gasteiger partial charge in [0.2, 0.25) is 5.91 Å². The van der Waals surface area contributed by atoms with E-state index in [9.17, 15) is 19.8 Å². The van der Waals surface area contributed by atoms with Gasteiger partial charge in [-0.25, -0.2) is 0 Å². The Bertz CT molecular complexity index is 765. The Morgan fingerprint density at radius 3 is 2.55 bits per heavy atom. The zero-order valence-electron chi connectivity index (χ0n) is 18.2. The van der Waals surface area contributed by atoms with E-state index < -0.39 is 17.6 Å². The minimum atomic E-state index is -1.20. The Hall–Kier alpha value is -1.72. The predicted molar refractivity (Wildman–Crippen MR) is 113 cm³/mol. The Morgan fingerprint density at radius 2 is 1.90 bits per heavy atom. The highest BCUT2D eigenvalue weighted by Gasteiger charge is 2.64. The van der Waals surface area contributed by atoms with Crippen LogP contribution in [0.3, 0.4) is 0 Å². The molecule has 5 nitrogen and oxygen atoms in total. The van der Waals surface area contributed by atoms with Gasteiger partial charge in [-0.3, -0.25) is 9.59 Å². The number of nitrogens with one attached hydrogen (secondary N) is 1. The van der Waals surface area contributed by atoms with Crippen LogP contribution in [0.25, 0.3) is 0 Å². The molecule has 160 valence electrons. The van der Waals surface area contributed by atoms with Gasteiger partial charge in [0.05, 0.1) is 12.2 Å². The lowest BCUT2D eigenvalue weighted by Crippen LogP contribution is -2.51. The summed E-state index contributed by atoms with van der Waals surface area (Å²) in [6.07, 6.45) is 6.60. The maximum absolute atomic E-state index is 13.6. The summed E-state index contributed by atoms with van der Waals surface area (Å²) in [5, 5.41) is 23.6. The highest BCUT2D eigenvalue weighted by molar-refractivity contribution is 6.13. The van der Waals surface area contributed by atoms with E-state index in [0.29, 0.717) is 18.8 Å². The van der Waals surface area contributed by atoms with Crippen LogP contribution in [0.1, 0.15) is 53.9 Å². The van der Waals surface area contributed by atoms with Gasteiger partial charge in [0.25, 0.3) is 0 Å². The molecule has 0 radical (unpaired) electrons. The van der Waals surface area contributed by atoms with Gasteiger partial charge in [-0.1, -0.05) is 50.1 Å². The van der Waals surface area contributed by atoms with Gasteiger partial charge >= 0.3 is 0 Å². The molecule has 1 aliphatic heterocycles. The molecule has 0 aromatic carbocycles. The predicted octanol–water partition coefficient (Wildman–Crippen LogP) is 2.93. The third-order valence-electron chi connectivity index (χ3n) is 7.15. The van der Waals surface area contributed by atoms with Crippen molar-refractivity contribution in [2.75, 3.05) is 0 Å². The van der Waals surface area contributed by atoms with Gasteiger partial charge in [-0.15, -0.1) is 0 Å². The minimum Gasteiger partial charge on any atom is -0.390 e. The number of carbonyl (C=O) groups is 2. The van der Waals surface area contributed by atoms with E-state index in [1.54, 1.807) is 0 Å². The molecule has 0 saturated carbocycles. The van der Waals surface area contributed by atoms with Crippen molar-refractivity contribution in [3.8, 4) is 0 Å². The van der Waals surface area contributed by atoms with Crippen molar-refractivity contribution in [1.29, 1.82) is 0 Å². The van der Waals surface area contributed by atoms with Crippen LogP contribution in [0.2, 0.25) is 0 Å². The zero-order valence-corrected chi connectivity index (χ0v) is 18.2. The monoisotopic (exact) mass is 401 g/mol. The largest absolute Gasteiger partial charge is 0.390 e. The molecular weight excluding hydrogens is 366 g/mol. The maximum Gasteiger partial charge on any atom is 0.235 e.